The molecule has 3 heteroatoms. The van der Waals surface area contributed by atoms with Crippen LogP contribution in [0.4, 0.5) is 0 Å². The lowest BCUT2D eigenvalue weighted by Gasteiger charge is -2.37. The van der Waals surface area contributed by atoms with Crippen molar-refractivity contribution in [3.8, 4) is 5.75 Å². The van der Waals surface area contributed by atoms with Crippen LogP contribution in [0.5, 0.6) is 5.75 Å². The van der Waals surface area contributed by atoms with Crippen molar-refractivity contribution in [3.63, 3.8) is 0 Å². The van der Waals surface area contributed by atoms with Crippen LogP contribution in [0, 0.1) is 5.41 Å². The minimum atomic E-state index is 0.283. The van der Waals surface area contributed by atoms with Gasteiger partial charge in [0.2, 0.25) is 0 Å². The van der Waals surface area contributed by atoms with Crippen LogP contribution >= 0.6 is 0 Å². The monoisotopic (exact) mass is 292 g/mol. The van der Waals surface area contributed by atoms with E-state index in [9.17, 15) is 0 Å². The van der Waals surface area contributed by atoms with E-state index in [1.54, 1.807) is 7.11 Å². The van der Waals surface area contributed by atoms with Crippen molar-refractivity contribution < 1.29 is 4.74 Å². The predicted octanol–water partition coefficient (Wildman–Crippen LogP) is 3.71. The third-order valence-electron chi connectivity index (χ3n) is 4.35. The molecule has 1 N–H and O–H groups in total. The van der Waals surface area contributed by atoms with Crippen LogP contribution in [0.15, 0.2) is 24.3 Å². The first kappa shape index (κ1) is 18.0. The van der Waals surface area contributed by atoms with Gasteiger partial charge in [0.15, 0.2) is 0 Å². The van der Waals surface area contributed by atoms with Crippen LogP contribution in [-0.4, -0.2) is 38.2 Å². The second kappa shape index (κ2) is 7.81. The fourth-order valence-corrected chi connectivity index (χ4v) is 2.48. The van der Waals surface area contributed by atoms with Crippen molar-refractivity contribution in [2.75, 3.05) is 27.2 Å². The number of hydrogen-bond donors (Lipinski definition) is 1. The van der Waals surface area contributed by atoms with Crippen LogP contribution < -0.4 is 10.1 Å². The lowest BCUT2D eigenvalue weighted by atomic mass is 9.87. The van der Waals surface area contributed by atoms with E-state index in [-0.39, 0.29) is 5.41 Å². The Bertz CT molecular complexity index is 408. The minimum Gasteiger partial charge on any atom is -0.497 e. The van der Waals surface area contributed by atoms with Crippen LogP contribution in [0.1, 0.15) is 46.2 Å². The summed E-state index contributed by atoms with van der Waals surface area (Å²) in [6.07, 6.45) is 0. The van der Waals surface area contributed by atoms with E-state index >= 15 is 0 Å². The molecule has 0 spiro atoms. The molecule has 21 heavy (non-hydrogen) atoms. The molecule has 0 fully saturated rings. The zero-order chi connectivity index (χ0) is 16.0. The van der Waals surface area contributed by atoms with Gasteiger partial charge in [-0.2, -0.15) is 0 Å². The molecule has 0 aromatic heterocycles. The van der Waals surface area contributed by atoms with Crippen molar-refractivity contribution in [1.82, 2.24) is 10.2 Å². The van der Waals surface area contributed by atoms with Gasteiger partial charge in [0, 0.05) is 18.6 Å². The maximum absolute atomic E-state index is 5.24. The van der Waals surface area contributed by atoms with Crippen molar-refractivity contribution in [3.05, 3.63) is 29.8 Å². The van der Waals surface area contributed by atoms with Gasteiger partial charge < -0.3 is 15.0 Å². The van der Waals surface area contributed by atoms with Crippen LogP contribution in [0.3, 0.4) is 0 Å². The summed E-state index contributed by atoms with van der Waals surface area (Å²) >= 11 is 0. The summed E-state index contributed by atoms with van der Waals surface area (Å²) in [5.41, 5.74) is 1.59. The average Bonchev–Trinajstić information content (AvgIpc) is 2.45. The highest BCUT2D eigenvalue weighted by molar-refractivity contribution is 5.29. The van der Waals surface area contributed by atoms with E-state index in [1.807, 2.05) is 12.1 Å². The number of likely N-dealkylation sites (N-methyl/N-ethyl adjacent to an activating group) is 2. The average molecular weight is 292 g/mol. The first-order valence-corrected chi connectivity index (χ1v) is 7.87. The quantitative estimate of drug-likeness (QED) is 0.829. The van der Waals surface area contributed by atoms with E-state index in [0.717, 1.165) is 18.8 Å². The topological polar surface area (TPSA) is 24.5 Å². The Morgan fingerprint density at radius 3 is 2.19 bits per heavy atom. The molecular formula is C18H32N2O. The summed E-state index contributed by atoms with van der Waals surface area (Å²) in [4.78, 5) is 2.44. The highest BCUT2D eigenvalue weighted by atomic mass is 16.5. The first-order chi connectivity index (χ1) is 9.79. The highest BCUT2D eigenvalue weighted by Gasteiger charge is 2.25. The maximum Gasteiger partial charge on any atom is 0.118 e. The van der Waals surface area contributed by atoms with Crippen LogP contribution in [0.25, 0.3) is 0 Å². The van der Waals surface area contributed by atoms with Crippen molar-refractivity contribution >= 4 is 0 Å². The fraction of sp³-hybridized carbons (Fsp3) is 0.667. The van der Waals surface area contributed by atoms with Crippen LogP contribution in [-0.2, 0) is 0 Å². The van der Waals surface area contributed by atoms with Gasteiger partial charge >= 0.3 is 0 Å². The maximum atomic E-state index is 5.24. The zero-order valence-electron chi connectivity index (χ0n) is 14.7. The molecule has 0 bridgehead atoms. The van der Waals surface area contributed by atoms with E-state index < -0.39 is 0 Å². The second-order valence-electron chi connectivity index (χ2n) is 6.86. The van der Waals surface area contributed by atoms with Crippen molar-refractivity contribution in [2.24, 2.45) is 5.41 Å². The summed E-state index contributed by atoms with van der Waals surface area (Å²) < 4.78 is 5.24. The third kappa shape index (κ3) is 5.33. The zero-order valence-corrected chi connectivity index (χ0v) is 14.7. The van der Waals surface area contributed by atoms with Gasteiger partial charge in [-0.05, 0) is 43.6 Å². The lowest BCUT2D eigenvalue weighted by Crippen LogP contribution is -2.43. The molecule has 0 aliphatic heterocycles. The Labute approximate surface area is 130 Å². The smallest absolute Gasteiger partial charge is 0.118 e. The summed E-state index contributed by atoms with van der Waals surface area (Å²) in [5, 5.41) is 3.59. The van der Waals surface area contributed by atoms with Crippen LogP contribution in [0.2, 0.25) is 0 Å². The number of rotatable bonds is 7. The molecule has 1 aromatic carbocycles. The standard InChI is InChI=1S/C18H32N2O/c1-8-19-17(13-20(6)14(2)18(3,4)5)15-9-11-16(21-7)12-10-15/h9-12,14,17,19H,8,13H2,1-7H3. The molecule has 0 heterocycles. The molecule has 1 aromatic rings. The van der Waals surface area contributed by atoms with Gasteiger partial charge in [0.1, 0.15) is 5.75 Å². The molecule has 0 aliphatic carbocycles. The van der Waals surface area contributed by atoms with Gasteiger partial charge in [-0.1, -0.05) is 39.8 Å². The normalized spacial score (nSPS) is 15.0. The Hall–Kier alpha value is -1.06. The predicted molar refractivity (Wildman–Crippen MR) is 91.0 cm³/mol. The Kier molecular flexibility index (Phi) is 6.69. The number of hydrogen-bond acceptors (Lipinski definition) is 3. The number of benzene rings is 1. The summed E-state index contributed by atoms with van der Waals surface area (Å²) in [5.74, 6) is 0.908. The molecule has 1 rings (SSSR count). The Morgan fingerprint density at radius 2 is 1.76 bits per heavy atom. The molecule has 0 aliphatic rings. The largest absolute Gasteiger partial charge is 0.497 e. The van der Waals surface area contributed by atoms with Crippen molar-refractivity contribution in [1.29, 1.82) is 0 Å². The molecule has 0 radical (unpaired) electrons. The van der Waals surface area contributed by atoms with E-state index in [1.165, 1.54) is 5.56 Å². The molecule has 2 atom stereocenters. The molecular weight excluding hydrogens is 260 g/mol. The fourth-order valence-electron chi connectivity index (χ4n) is 2.48. The van der Waals surface area contributed by atoms with Gasteiger partial charge in [0.05, 0.1) is 7.11 Å². The van der Waals surface area contributed by atoms with Gasteiger partial charge in [-0.3, -0.25) is 0 Å². The SMILES string of the molecule is CCNC(CN(C)C(C)C(C)(C)C)c1ccc(OC)cc1. The van der Waals surface area contributed by atoms with Crippen molar-refractivity contribution in [2.45, 2.75) is 46.7 Å². The summed E-state index contributed by atoms with van der Waals surface area (Å²) in [6, 6.07) is 9.25. The number of nitrogens with one attached hydrogen (secondary N) is 1. The number of methoxy groups -OCH3 is 1. The lowest BCUT2D eigenvalue weighted by molar-refractivity contribution is 0.129. The van der Waals surface area contributed by atoms with E-state index in [2.05, 4.69) is 64.0 Å². The number of ether oxygens (including phenoxy) is 1. The number of nitrogens with zero attached hydrogens (tertiary/aromatic N) is 1. The second-order valence-corrected chi connectivity index (χ2v) is 6.86. The molecule has 120 valence electrons. The third-order valence-corrected chi connectivity index (χ3v) is 4.35. The van der Waals surface area contributed by atoms with E-state index in [4.69, 9.17) is 4.74 Å². The molecule has 0 amide bonds. The minimum absolute atomic E-state index is 0.283. The molecule has 0 saturated carbocycles. The Balaban J connectivity index is 2.81. The molecule has 3 nitrogen and oxygen atoms in total. The van der Waals surface area contributed by atoms with Gasteiger partial charge in [0.25, 0.3) is 0 Å². The summed E-state index contributed by atoms with van der Waals surface area (Å²) in [7, 11) is 3.92. The highest BCUT2D eigenvalue weighted by Crippen LogP contribution is 2.25. The Morgan fingerprint density at radius 1 is 1.19 bits per heavy atom. The first-order valence-electron chi connectivity index (χ1n) is 7.87. The van der Waals surface area contributed by atoms with E-state index in [0.29, 0.717) is 12.1 Å². The van der Waals surface area contributed by atoms with Gasteiger partial charge in [-0.15, -0.1) is 0 Å². The molecule has 2 unspecified atom stereocenters. The molecule has 0 saturated heterocycles. The van der Waals surface area contributed by atoms with Gasteiger partial charge in [-0.25, -0.2) is 0 Å². The summed E-state index contributed by atoms with van der Waals surface area (Å²) in [6.45, 7) is 13.3.